The highest BCUT2D eigenvalue weighted by atomic mass is 32.2. The zero-order valence-corrected chi connectivity index (χ0v) is 23.9. The Labute approximate surface area is 224 Å². The van der Waals surface area contributed by atoms with Gasteiger partial charge >= 0.3 is 0 Å². The summed E-state index contributed by atoms with van der Waals surface area (Å²) >= 11 is 3.78. The second-order valence-electron chi connectivity index (χ2n) is 8.89. The fourth-order valence-corrected chi connectivity index (χ4v) is 6.72. The van der Waals surface area contributed by atoms with Gasteiger partial charge in [0.1, 0.15) is 29.8 Å². The molecular weight excluding hydrogens is 496 g/mol. The Morgan fingerprint density at radius 1 is 0.833 bits per heavy atom. The summed E-state index contributed by atoms with van der Waals surface area (Å²) in [6.07, 6.45) is -0.755. The number of ether oxygens (including phenoxy) is 6. The molecule has 3 atom stereocenters. The molecule has 1 aliphatic heterocycles. The molecule has 0 N–H and O–H groups in total. The summed E-state index contributed by atoms with van der Waals surface area (Å²) in [7, 11) is 3.34. The van der Waals surface area contributed by atoms with Crippen LogP contribution in [0.1, 0.15) is 38.8 Å². The molecule has 3 rings (SSSR count). The lowest BCUT2D eigenvalue weighted by Crippen LogP contribution is -2.47. The van der Waals surface area contributed by atoms with E-state index >= 15 is 0 Å². The number of hydrogen-bond donors (Lipinski definition) is 0. The summed E-state index contributed by atoms with van der Waals surface area (Å²) in [5, 5.41) is 0. The van der Waals surface area contributed by atoms with Gasteiger partial charge in [-0.1, -0.05) is 38.1 Å². The highest BCUT2D eigenvalue weighted by Crippen LogP contribution is 2.36. The molecule has 0 aliphatic carbocycles. The Morgan fingerprint density at radius 2 is 1.33 bits per heavy atom. The summed E-state index contributed by atoms with van der Waals surface area (Å²) in [4.78, 5) is 0. The summed E-state index contributed by atoms with van der Waals surface area (Å²) in [6.45, 7) is 9.62. The van der Waals surface area contributed by atoms with Crippen LogP contribution in [0.4, 0.5) is 0 Å². The summed E-state index contributed by atoms with van der Waals surface area (Å²) in [5.74, 6) is 2.97. The van der Waals surface area contributed by atoms with Gasteiger partial charge in [-0.05, 0) is 60.7 Å². The highest BCUT2D eigenvalue weighted by molar-refractivity contribution is 8.17. The molecule has 0 bridgehead atoms. The second-order valence-corrected chi connectivity index (χ2v) is 12.0. The van der Waals surface area contributed by atoms with Crippen LogP contribution in [-0.2, 0) is 32.2 Å². The third kappa shape index (κ3) is 8.57. The first-order chi connectivity index (χ1) is 17.4. The molecule has 2 aromatic carbocycles. The van der Waals surface area contributed by atoms with Gasteiger partial charge in [0, 0.05) is 0 Å². The van der Waals surface area contributed by atoms with Gasteiger partial charge in [-0.15, -0.1) is 23.5 Å². The van der Waals surface area contributed by atoms with Crippen molar-refractivity contribution < 1.29 is 28.4 Å². The highest BCUT2D eigenvalue weighted by Gasteiger charge is 2.44. The molecule has 0 spiro atoms. The first kappa shape index (κ1) is 29.1. The molecule has 2 aromatic rings. The van der Waals surface area contributed by atoms with E-state index in [-0.39, 0.29) is 22.9 Å². The topological polar surface area (TPSA) is 55.4 Å². The molecule has 1 heterocycles. The van der Waals surface area contributed by atoms with Gasteiger partial charge in [0.15, 0.2) is 5.79 Å². The Balaban J connectivity index is 1.84. The van der Waals surface area contributed by atoms with E-state index in [2.05, 4.69) is 13.8 Å². The molecule has 200 valence electrons. The van der Waals surface area contributed by atoms with Crippen LogP contribution in [0, 0.1) is 0 Å². The molecule has 0 amide bonds. The summed E-state index contributed by atoms with van der Waals surface area (Å²) in [5.41, 5.74) is 2.15. The molecule has 1 fully saturated rings. The van der Waals surface area contributed by atoms with E-state index in [0.717, 1.165) is 34.1 Å². The van der Waals surface area contributed by atoms with Crippen molar-refractivity contribution in [3.05, 3.63) is 59.7 Å². The molecule has 0 aromatic heterocycles. The van der Waals surface area contributed by atoms with Crippen LogP contribution in [0.5, 0.6) is 11.5 Å². The Kier molecular flexibility index (Phi) is 11.7. The number of thioether (sulfide) groups is 2. The summed E-state index contributed by atoms with van der Waals surface area (Å²) in [6, 6.07) is 15.9. The van der Waals surface area contributed by atoms with E-state index in [1.54, 1.807) is 14.2 Å². The second kappa shape index (κ2) is 14.5. The minimum atomic E-state index is -0.655. The predicted molar refractivity (Wildman–Crippen MR) is 148 cm³/mol. The molecule has 8 heteroatoms. The number of rotatable bonds is 15. The number of hydrogen-bond acceptors (Lipinski definition) is 8. The van der Waals surface area contributed by atoms with Crippen LogP contribution in [0.25, 0.3) is 0 Å². The minimum Gasteiger partial charge on any atom is -0.497 e. The number of methoxy groups -OCH3 is 2. The van der Waals surface area contributed by atoms with Gasteiger partial charge in [0.25, 0.3) is 0 Å². The van der Waals surface area contributed by atoms with Crippen molar-refractivity contribution in [1.82, 2.24) is 0 Å². The predicted octanol–water partition coefficient (Wildman–Crippen LogP) is 6.16. The Hall–Kier alpha value is -1.42. The van der Waals surface area contributed by atoms with E-state index < -0.39 is 5.79 Å². The van der Waals surface area contributed by atoms with Crippen molar-refractivity contribution in [2.24, 2.45) is 0 Å². The van der Waals surface area contributed by atoms with Gasteiger partial charge in [-0.2, -0.15) is 0 Å². The van der Waals surface area contributed by atoms with E-state index in [1.807, 2.05) is 85.9 Å². The summed E-state index contributed by atoms with van der Waals surface area (Å²) < 4.78 is 36.4. The van der Waals surface area contributed by atoms with Crippen molar-refractivity contribution >= 4 is 23.5 Å². The van der Waals surface area contributed by atoms with Gasteiger partial charge < -0.3 is 28.4 Å². The molecule has 1 aliphatic rings. The standard InChI is InChI=1S/C28H40O6S2/c1-7-35-27(36-8-2)26(32-18-21-11-15-23(30-6)16-12-21)25(24-19-33-28(3,4)34-24)31-17-20-9-13-22(29-5)14-10-20/h9-16,24-27H,7-8,17-19H2,1-6H3/t24-,25-,26+/m1/s1. The SMILES string of the molecule is CCSC(SCC)[C@@H](OCc1ccc(OC)cc1)[C@H](OCc1ccc(OC)cc1)[C@H]1COC(C)(C)O1. The lowest BCUT2D eigenvalue weighted by Gasteiger charge is -2.35. The molecule has 0 radical (unpaired) electrons. The van der Waals surface area contributed by atoms with E-state index in [1.165, 1.54) is 0 Å². The third-order valence-corrected chi connectivity index (χ3v) is 8.53. The Morgan fingerprint density at radius 3 is 1.75 bits per heavy atom. The zero-order chi connectivity index (χ0) is 26.0. The lowest BCUT2D eigenvalue weighted by atomic mass is 10.1. The van der Waals surface area contributed by atoms with Crippen molar-refractivity contribution in [2.75, 3.05) is 32.3 Å². The van der Waals surface area contributed by atoms with Crippen molar-refractivity contribution in [3.63, 3.8) is 0 Å². The fraction of sp³-hybridized carbons (Fsp3) is 0.571. The van der Waals surface area contributed by atoms with Crippen molar-refractivity contribution in [2.45, 2.75) is 69.6 Å². The molecule has 6 nitrogen and oxygen atoms in total. The molecule has 0 saturated carbocycles. The van der Waals surface area contributed by atoms with Crippen LogP contribution < -0.4 is 9.47 Å². The van der Waals surface area contributed by atoms with Crippen LogP contribution >= 0.6 is 23.5 Å². The zero-order valence-electron chi connectivity index (χ0n) is 22.2. The normalized spacial score (nSPS) is 18.8. The fourth-order valence-electron chi connectivity index (χ4n) is 4.01. The molecule has 0 unspecified atom stereocenters. The average molecular weight is 537 g/mol. The minimum absolute atomic E-state index is 0.187. The van der Waals surface area contributed by atoms with Gasteiger partial charge in [0.2, 0.25) is 0 Å². The van der Waals surface area contributed by atoms with Crippen molar-refractivity contribution in [3.8, 4) is 11.5 Å². The van der Waals surface area contributed by atoms with Crippen LogP contribution in [-0.4, -0.2) is 61.0 Å². The quantitative estimate of drug-likeness (QED) is 0.251. The van der Waals surface area contributed by atoms with Crippen LogP contribution in [0.3, 0.4) is 0 Å². The molecule has 1 saturated heterocycles. The Bertz CT molecular complexity index is 828. The smallest absolute Gasteiger partial charge is 0.163 e. The first-order valence-electron chi connectivity index (χ1n) is 12.4. The largest absolute Gasteiger partial charge is 0.497 e. The van der Waals surface area contributed by atoms with Gasteiger partial charge in [-0.25, -0.2) is 0 Å². The average Bonchev–Trinajstić information content (AvgIpc) is 3.25. The van der Waals surface area contributed by atoms with E-state index in [4.69, 9.17) is 28.4 Å². The molecular formula is C28H40O6S2. The maximum Gasteiger partial charge on any atom is 0.163 e. The van der Waals surface area contributed by atoms with Gasteiger partial charge in [0.05, 0.1) is 38.6 Å². The van der Waals surface area contributed by atoms with E-state index in [0.29, 0.717) is 19.8 Å². The van der Waals surface area contributed by atoms with E-state index in [9.17, 15) is 0 Å². The first-order valence-corrected chi connectivity index (χ1v) is 14.5. The number of benzene rings is 2. The maximum absolute atomic E-state index is 6.67. The van der Waals surface area contributed by atoms with Gasteiger partial charge in [-0.3, -0.25) is 0 Å². The maximum atomic E-state index is 6.67. The van der Waals surface area contributed by atoms with Crippen molar-refractivity contribution in [1.29, 1.82) is 0 Å². The lowest BCUT2D eigenvalue weighted by molar-refractivity contribution is -0.177. The third-order valence-electron chi connectivity index (χ3n) is 5.85. The molecule has 36 heavy (non-hydrogen) atoms. The van der Waals surface area contributed by atoms with Crippen LogP contribution in [0.2, 0.25) is 0 Å². The van der Waals surface area contributed by atoms with Crippen LogP contribution in [0.15, 0.2) is 48.5 Å². The monoisotopic (exact) mass is 536 g/mol.